The van der Waals surface area contributed by atoms with Gasteiger partial charge in [-0.25, -0.2) is 0 Å². The first-order valence-corrected chi connectivity index (χ1v) is 11.6. The fraction of sp³-hybridized carbons (Fsp3) is 0.333. The first-order valence-electron chi connectivity index (χ1n) is 11.6. The van der Waals surface area contributed by atoms with Gasteiger partial charge in [-0.3, -0.25) is 9.59 Å². The number of nitrogens with zero attached hydrogens (tertiary/aromatic N) is 3. The maximum Gasteiger partial charge on any atom is 0.229 e. The number of carbonyl (C=O) groups is 2. The zero-order valence-electron chi connectivity index (χ0n) is 19.3. The number of rotatable bonds is 4. The molecule has 2 amide bonds. The number of benzene rings is 3. The van der Waals surface area contributed by atoms with Gasteiger partial charge in [0.05, 0.1) is 11.6 Å². The summed E-state index contributed by atoms with van der Waals surface area (Å²) in [5, 5.41) is 5.20. The van der Waals surface area contributed by atoms with Crippen molar-refractivity contribution in [1.29, 1.82) is 0 Å². The van der Waals surface area contributed by atoms with Crippen molar-refractivity contribution < 1.29 is 9.59 Å². The quantitative estimate of drug-likeness (QED) is 0.666. The third-order valence-corrected chi connectivity index (χ3v) is 6.89. The maximum atomic E-state index is 13.1. The van der Waals surface area contributed by atoms with Crippen molar-refractivity contribution in [2.45, 2.75) is 13.3 Å². The zero-order valence-corrected chi connectivity index (χ0v) is 19.3. The third-order valence-electron chi connectivity index (χ3n) is 6.89. The third kappa shape index (κ3) is 4.31. The number of nitrogens with one attached hydrogen (secondary N) is 1. The van der Waals surface area contributed by atoms with Crippen LogP contribution >= 0.6 is 0 Å². The van der Waals surface area contributed by atoms with Crippen LogP contribution in [0.15, 0.2) is 60.7 Å². The Hall–Kier alpha value is -3.38. The van der Waals surface area contributed by atoms with Crippen LogP contribution in [0.25, 0.3) is 10.8 Å². The normalized spacial score (nSPS) is 19.3. The Bertz CT molecular complexity index is 1190. The highest BCUT2D eigenvalue weighted by Gasteiger charge is 2.35. The van der Waals surface area contributed by atoms with Crippen LogP contribution in [0.2, 0.25) is 0 Å². The molecule has 2 aliphatic rings. The van der Waals surface area contributed by atoms with E-state index in [1.165, 1.54) is 5.69 Å². The number of amides is 2. The summed E-state index contributed by atoms with van der Waals surface area (Å²) in [7, 11) is 2.15. The molecule has 0 spiro atoms. The average Bonchev–Trinajstić information content (AvgIpc) is 3.22. The number of hydrogen-bond acceptors (Lipinski definition) is 4. The van der Waals surface area contributed by atoms with Crippen LogP contribution < -0.4 is 15.1 Å². The molecule has 0 saturated carbocycles. The summed E-state index contributed by atoms with van der Waals surface area (Å²) >= 11 is 0. The van der Waals surface area contributed by atoms with Crippen LogP contribution in [-0.4, -0.2) is 56.5 Å². The Kier molecular flexibility index (Phi) is 5.77. The molecule has 170 valence electrons. The van der Waals surface area contributed by atoms with Crippen LogP contribution in [0.3, 0.4) is 0 Å². The topological polar surface area (TPSA) is 55.9 Å². The minimum absolute atomic E-state index is 0.00589. The zero-order chi connectivity index (χ0) is 22.9. The largest absolute Gasteiger partial charge is 0.369 e. The van der Waals surface area contributed by atoms with E-state index in [1.54, 1.807) is 4.90 Å². The van der Waals surface area contributed by atoms with Crippen LogP contribution in [0.1, 0.15) is 12.0 Å². The standard InChI is InChI=1S/C27H30N4O2/c1-19-16-22(30-14-12-29(2)13-15-30)10-11-24(19)28-27(33)21-17-26(32)31(18-21)25-9-5-7-20-6-3-4-8-23(20)25/h3-11,16,21H,12-15,17-18H2,1-2H3,(H,28,33)/t21-/m0/s1. The Labute approximate surface area is 194 Å². The molecule has 0 radical (unpaired) electrons. The van der Waals surface area contributed by atoms with Crippen molar-refractivity contribution >= 4 is 39.6 Å². The van der Waals surface area contributed by atoms with Gasteiger partial charge in [0.25, 0.3) is 0 Å². The summed E-state index contributed by atoms with van der Waals surface area (Å²) in [6, 6.07) is 20.2. The van der Waals surface area contributed by atoms with Crippen LogP contribution in [0.4, 0.5) is 17.1 Å². The maximum absolute atomic E-state index is 13.1. The summed E-state index contributed by atoms with van der Waals surface area (Å²) in [4.78, 5) is 32.4. The summed E-state index contributed by atoms with van der Waals surface area (Å²) in [5.41, 5.74) is 3.92. The van der Waals surface area contributed by atoms with E-state index in [-0.39, 0.29) is 24.2 Å². The molecule has 0 aromatic heterocycles. The second-order valence-corrected chi connectivity index (χ2v) is 9.18. The van der Waals surface area contributed by atoms with Gasteiger partial charge in [-0.2, -0.15) is 0 Å². The van der Waals surface area contributed by atoms with Crippen LogP contribution in [0.5, 0.6) is 0 Å². The minimum Gasteiger partial charge on any atom is -0.369 e. The Morgan fingerprint density at radius 1 is 0.970 bits per heavy atom. The fourth-order valence-corrected chi connectivity index (χ4v) is 4.84. The molecule has 1 atom stereocenters. The predicted octanol–water partition coefficient (Wildman–Crippen LogP) is 3.89. The lowest BCUT2D eigenvalue weighted by atomic mass is 10.1. The minimum atomic E-state index is -0.367. The molecule has 5 rings (SSSR count). The van der Waals surface area contributed by atoms with E-state index in [0.717, 1.165) is 53.9 Å². The van der Waals surface area contributed by atoms with Crippen LogP contribution in [-0.2, 0) is 9.59 Å². The lowest BCUT2D eigenvalue weighted by Crippen LogP contribution is -2.44. The predicted molar refractivity (Wildman–Crippen MR) is 134 cm³/mol. The number of fused-ring (bicyclic) bond motifs is 1. The molecule has 2 heterocycles. The number of anilines is 3. The highest BCUT2D eigenvalue weighted by molar-refractivity contribution is 6.08. The summed E-state index contributed by atoms with van der Waals surface area (Å²) < 4.78 is 0. The molecule has 6 heteroatoms. The molecule has 3 aromatic carbocycles. The van der Waals surface area contributed by atoms with E-state index in [9.17, 15) is 9.59 Å². The van der Waals surface area contributed by atoms with E-state index < -0.39 is 0 Å². The second-order valence-electron chi connectivity index (χ2n) is 9.18. The SMILES string of the molecule is Cc1cc(N2CCN(C)CC2)ccc1NC(=O)[C@H]1CC(=O)N(c2cccc3ccccc23)C1. The number of piperazine rings is 1. The molecule has 3 aromatic rings. The van der Waals surface area contributed by atoms with Gasteiger partial charge in [-0.05, 0) is 49.2 Å². The van der Waals surface area contributed by atoms with Gasteiger partial charge in [0.1, 0.15) is 0 Å². The molecular weight excluding hydrogens is 412 g/mol. The highest BCUT2D eigenvalue weighted by Crippen LogP contribution is 2.32. The Balaban J connectivity index is 1.28. The summed E-state index contributed by atoms with van der Waals surface area (Å²) in [6.07, 6.45) is 0.230. The lowest BCUT2D eigenvalue weighted by Gasteiger charge is -2.34. The highest BCUT2D eigenvalue weighted by atomic mass is 16.2. The number of hydrogen-bond donors (Lipinski definition) is 1. The Morgan fingerprint density at radius 2 is 1.73 bits per heavy atom. The van der Waals surface area contributed by atoms with Gasteiger partial charge < -0.3 is 20.0 Å². The van der Waals surface area contributed by atoms with E-state index in [4.69, 9.17) is 0 Å². The van der Waals surface area contributed by atoms with Gasteiger partial charge in [0, 0.05) is 55.9 Å². The molecule has 2 saturated heterocycles. The fourth-order valence-electron chi connectivity index (χ4n) is 4.84. The van der Waals surface area contributed by atoms with Crippen LogP contribution in [0, 0.1) is 12.8 Å². The number of likely N-dealkylation sites (N-methyl/N-ethyl adjacent to an activating group) is 1. The van der Waals surface area contributed by atoms with E-state index in [0.29, 0.717) is 6.54 Å². The Morgan fingerprint density at radius 3 is 2.52 bits per heavy atom. The van der Waals surface area contributed by atoms with Gasteiger partial charge in [-0.1, -0.05) is 36.4 Å². The van der Waals surface area contributed by atoms with Crippen molar-refractivity contribution in [3.63, 3.8) is 0 Å². The smallest absolute Gasteiger partial charge is 0.229 e. The monoisotopic (exact) mass is 442 g/mol. The van der Waals surface area contributed by atoms with Crippen molar-refractivity contribution in [1.82, 2.24) is 4.90 Å². The van der Waals surface area contributed by atoms with Crippen molar-refractivity contribution in [3.8, 4) is 0 Å². The second kappa shape index (κ2) is 8.87. The summed E-state index contributed by atoms with van der Waals surface area (Å²) in [6.45, 7) is 6.56. The van der Waals surface area contributed by atoms with E-state index in [1.807, 2.05) is 55.5 Å². The molecule has 2 aliphatic heterocycles. The molecule has 0 unspecified atom stereocenters. The first kappa shape index (κ1) is 21.5. The number of carbonyl (C=O) groups excluding carboxylic acids is 2. The van der Waals surface area contributed by atoms with Crippen molar-refractivity contribution in [3.05, 3.63) is 66.2 Å². The molecule has 1 N–H and O–H groups in total. The number of aryl methyl sites for hydroxylation is 1. The lowest BCUT2D eigenvalue weighted by molar-refractivity contribution is -0.122. The van der Waals surface area contributed by atoms with Gasteiger partial charge in [0.2, 0.25) is 11.8 Å². The molecule has 0 aliphatic carbocycles. The molecular formula is C27H30N4O2. The first-order chi connectivity index (χ1) is 16.0. The van der Waals surface area contributed by atoms with Gasteiger partial charge in [0.15, 0.2) is 0 Å². The molecule has 6 nitrogen and oxygen atoms in total. The van der Waals surface area contributed by atoms with E-state index in [2.05, 4.69) is 34.3 Å². The molecule has 0 bridgehead atoms. The average molecular weight is 443 g/mol. The van der Waals surface area contributed by atoms with Gasteiger partial charge >= 0.3 is 0 Å². The van der Waals surface area contributed by atoms with Gasteiger partial charge in [-0.15, -0.1) is 0 Å². The molecule has 33 heavy (non-hydrogen) atoms. The van der Waals surface area contributed by atoms with Crippen molar-refractivity contribution in [2.24, 2.45) is 5.92 Å². The molecule has 2 fully saturated rings. The van der Waals surface area contributed by atoms with E-state index >= 15 is 0 Å². The summed E-state index contributed by atoms with van der Waals surface area (Å²) in [5.74, 6) is -0.469. The van der Waals surface area contributed by atoms with Crippen molar-refractivity contribution in [2.75, 3.05) is 54.9 Å².